The molecular formula is C37H66O9Si2. The molecule has 9 atom stereocenters. The molecule has 0 spiro atoms. The number of benzene rings is 1. The van der Waals surface area contributed by atoms with Gasteiger partial charge in [-0.15, -0.1) is 0 Å². The third-order valence-electron chi connectivity index (χ3n) is 11.3. The van der Waals surface area contributed by atoms with Crippen molar-refractivity contribution in [1.82, 2.24) is 0 Å². The van der Waals surface area contributed by atoms with Crippen LogP contribution >= 0.6 is 0 Å². The van der Waals surface area contributed by atoms with Crippen LogP contribution in [0, 0.1) is 11.8 Å². The summed E-state index contributed by atoms with van der Waals surface area (Å²) in [5, 5.41) is 22.9. The first-order valence-corrected chi connectivity index (χ1v) is 23.8. The van der Waals surface area contributed by atoms with Gasteiger partial charge in [0.05, 0.1) is 43.5 Å². The molecule has 2 aliphatic rings. The van der Waals surface area contributed by atoms with Crippen LogP contribution in [0.2, 0.25) is 36.3 Å². The first kappa shape index (κ1) is 41.3. The van der Waals surface area contributed by atoms with Gasteiger partial charge in [0, 0.05) is 12.8 Å². The summed E-state index contributed by atoms with van der Waals surface area (Å²) in [7, 11) is -4.21. The fraction of sp³-hybridized carbons (Fsp3) is 0.811. The zero-order valence-electron chi connectivity index (χ0n) is 31.8. The summed E-state index contributed by atoms with van der Waals surface area (Å²) < 4.78 is 25.5. The van der Waals surface area contributed by atoms with Gasteiger partial charge in [0.15, 0.2) is 16.6 Å². The minimum absolute atomic E-state index is 0.00627. The summed E-state index contributed by atoms with van der Waals surface area (Å²) >= 11 is 0. The van der Waals surface area contributed by atoms with Crippen LogP contribution in [0.5, 0.6) is 0 Å². The number of ether oxygens (including phenoxy) is 2. The van der Waals surface area contributed by atoms with Gasteiger partial charge < -0.3 is 28.5 Å². The Kier molecular flexibility index (Phi) is 14.5. The van der Waals surface area contributed by atoms with Crippen molar-refractivity contribution in [3.63, 3.8) is 0 Å². The molecule has 4 unspecified atom stereocenters. The average molecular weight is 711 g/mol. The lowest BCUT2D eigenvalue weighted by Gasteiger charge is -2.42. The Morgan fingerprint density at radius 1 is 0.938 bits per heavy atom. The van der Waals surface area contributed by atoms with Crippen molar-refractivity contribution in [3.05, 3.63) is 35.9 Å². The van der Waals surface area contributed by atoms with Crippen molar-refractivity contribution < 1.29 is 43.1 Å². The van der Waals surface area contributed by atoms with Crippen LogP contribution in [-0.4, -0.2) is 82.2 Å². The molecule has 1 aromatic rings. The molecular weight excluding hydrogens is 645 g/mol. The number of carbonyl (C=O) groups is 1. The van der Waals surface area contributed by atoms with E-state index in [9.17, 15) is 15.0 Å². The number of esters is 1. The van der Waals surface area contributed by atoms with Crippen molar-refractivity contribution in [2.45, 2.75) is 173 Å². The maximum Gasteiger partial charge on any atom is 0.308 e. The molecule has 48 heavy (non-hydrogen) atoms. The van der Waals surface area contributed by atoms with Crippen LogP contribution in [0.15, 0.2) is 30.3 Å². The van der Waals surface area contributed by atoms with Gasteiger partial charge in [0.1, 0.15) is 18.8 Å². The second-order valence-electron chi connectivity index (χ2n) is 17.4. The highest BCUT2D eigenvalue weighted by atomic mass is 28.4. The van der Waals surface area contributed by atoms with E-state index in [2.05, 4.69) is 74.7 Å². The highest BCUT2D eigenvalue weighted by Gasteiger charge is 2.47. The van der Waals surface area contributed by atoms with Gasteiger partial charge in [0.2, 0.25) is 0 Å². The molecule has 2 aliphatic heterocycles. The van der Waals surface area contributed by atoms with E-state index < -0.39 is 53.1 Å². The monoisotopic (exact) mass is 710 g/mol. The quantitative estimate of drug-likeness (QED) is 0.129. The Morgan fingerprint density at radius 3 is 2.15 bits per heavy atom. The molecule has 9 nitrogen and oxygen atoms in total. The molecule has 1 aromatic carbocycles. The molecule has 11 heteroatoms. The van der Waals surface area contributed by atoms with Gasteiger partial charge in [-0.1, -0.05) is 85.7 Å². The van der Waals surface area contributed by atoms with Gasteiger partial charge in [0.25, 0.3) is 0 Å². The average Bonchev–Trinajstić information content (AvgIpc) is 3.42. The van der Waals surface area contributed by atoms with Gasteiger partial charge >= 0.3 is 5.97 Å². The third kappa shape index (κ3) is 11.4. The third-order valence-corrected chi connectivity index (χ3v) is 20.4. The topological polar surface area (TPSA) is 113 Å². The predicted octanol–water partition coefficient (Wildman–Crippen LogP) is 7.55. The van der Waals surface area contributed by atoms with Crippen LogP contribution in [0.1, 0.15) is 93.1 Å². The van der Waals surface area contributed by atoms with E-state index in [-0.39, 0.29) is 47.1 Å². The molecule has 2 N–H and O–H groups in total. The minimum atomic E-state index is -2.17. The second kappa shape index (κ2) is 16.9. The van der Waals surface area contributed by atoms with Crippen molar-refractivity contribution >= 4 is 22.6 Å². The first-order chi connectivity index (χ1) is 22.1. The molecule has 2 saturated heterocycles. The van der Waals surface area contributed by atoms with Crippen LogP contribution in [0.3, 0.4) is 0 Å². The van der Waals surface area contributed by atoms with E-state index in [1.54, 1.807) is 0 Å². The zero-order chi connectivity index (χ0) is 36.1. The Labute approximate surface area is 292 Å². The van der Waals surface area contributed by atoms with E-state index in [1.807, 2.05) is 37.3 Å². The fourth-order valence-electron chi connectivity index (χ4n) is 5.78. The van der Waals surface area contributed by atoms with Gasteiger partial charge in [-0.2, -0.15) is 0 Å². The maximum atomic E-state index is 12.8. The summed E-state index contributed by atoms with van der Waals surface area (Å²) in [4.78, 5) is 24.7. The predicted molar refractivity (Wildman–Crippen MR) is 193 cm³/mol. The van der Waals surface area contributed by atoms with Gasteiger partial charge in [-0.05, 0) is 66.5 Å². The molecule has 0 saturated carbocycles. The molecule has 276 valence electrons. The first-order valence-electron chi connectivity index (χ1n) is 18.0. The maximum absolute atomic E-state index is 12.8. The van der Waals surface area contributed by atoms with E-state index in [4.69, 9.17) is 28.1 Å². The van der Waals surface area contributed by atoms with Gasteiger partial charge in [-0.3, -0.25) is 4.79 Å². The largest absolute Gasteiger partial charge is 0.461 e. The van der Waals surface area contributed by atoms with Crippen molar-refractivity contribution in [3.8, 4) is 0 Å². The fourth-order valence-corrected chi connectivity index (χ4v) is 8.16. The standard InChI is InChI=1S/C37H66O9Si2/c1-25-18-19-26(2)35-32(45-44-31(34(25)40)22-33(39)41-23-27-16-14-13-15-17-27)21-30(43-35)29(38)20-28(46-48(11,12)37(6,7)8)24-42-47(9,10)36(3,4)5/h13-17,25-26,28-32,34-35,38,40H,18-24H2,1-12H3/t25-,26-,28+,29-,30?,31?,32?,34-,35?/m0/s1. The molecule has 0 radical (unpaired) electrons. The number of hydrogen-bond acceptors (Lipinski definition) is 9. The molecule has 2 fully saturated rings. The molecule has 0 aliphatic carbocycles. The molecule has 0 amide bonds. The van der Waals surface area contributed by atoms with E-state index in [0.29, 0.717) is 19.4 Å². The SMILES string of the molecule is C[C@H]1CC[C@H](C)[C@H](O)C(CC(=O)OCc2ccccc2)OOC2CC([C@@H](O)C[C@H](CO[Si](C)(C)C(C)(C)C)O[Si](C)(C)C(C)(C)C)OC21. The summed E-state index contributed by atoms with van der Waals surface area (Å²) in [5.41, 5.74) is 0.885. The van der Waals surface area contributed by atoms with Crippen LogP contribution in [-0.2, 0) is 39.5 Å². The lowest BCUT2D eigenvalue weighted by atomic mass is 9.87. The number of aliphatic hydroxyl groups is 2. The van der Waals surface area contributed by atoms with E-state index in [0.717, 1.165) is 18.4 Å². The van der Waals surface area contributed by atoms with E-state index in [1.165, 1.54) is 0 Å². The van der Waals surface area contributed by atoms with Crippen LogP contribution in [0.25, 0.3) is 0 Å². The van der Waals surface area contributed by atoms with Gasteiger partial charge in [-0.25, -0.2) is 9.78 Å². The summed E-state index contributed by atoms with van der Waals surface area (Å²) in [5.74, 6) is -0.486. The van der Waals surface area contributed by atoms with Crippen LogP contribution < -0.4 is 0 Å². The Hall–Kier alpha value is -1.16. The molecule has 0 bridgehead atoms. The Morgan fingerprint density at radius 2 is 1.54 bits per heavy atom. The lowest BCUT2D eigenvalue weighted by molar-refractivity contribution is -0.372. The zero-order valence-corrected chi connectivity index (χ0v) is 33.8. The normalized spacial score (nSPS) is 29.2. The second-order valence-corrected chi connectivity index (χ2v) is 27.0. The summed E-state index contributed by atoms with van der Waals surface area (Å²) in [6.45, 7) is 26.9. The number of fused-ring (bicyclic) bond motifs is 1. The van der Waals surface area contributed by atoms with E-state index >= 15 is 0 Å². The highest BCUT2D eigenvalue weighted by Crippen LogP contribution is 2.41. The van der Waals surface area contributed by atoms with Crippen molar-refractivity contribution in [1.29, 1.82) is 0 Å². The molecule has 3 rings (SSSR count). The molecule has 2 heterocycles. The highest BCUT2D eigenvalue weighted by molar-refractivity contribution is 6.74. The molecule has 0 aromatic heterocycles. The Balaban J connectivity index is 1.71. The number of carbonyl (C=O) groups excluding carboxylic acids is 1. The van der Waals surface area contributed by atoms with Crippen molar-refractivity contribution in [2.75, 3.05) is 6.61 Å². The Bertz CT molecular complexity index is 1130. The smallest absolute Gasteiger partial charge is 0.308 e. The minimum Gasteiger partial charge on any atom is -0.461 e. The number of aliphatic hydroxyl groups excluding tert-OH is 2. The number of rotatable bonds is 12. The lowest BCUT2D eigenvalue weighted by Crippen LogP contribution is -2.49. The summed E-state index contributed by atoms with van der Waals surface area (Å²) in [6, 6.07) is 9.47. The van der Waals surface area contributed by atoms with Crippen LogP contribution in [0.4, 0.5) is 0 Å². The van der Waals surface area contributed by atoms with Crippen molar-refractivity contribution in [2.24, 2.45) is 11.8 Å². The number of hydrogen-bond donors (Lipinski definition) is 2. The summed E-state index contributed by atoms with van der Waals surface area (Å²) in [6.07, 6.45) is -1.95.